The summed E-state index contributed by atoms with van der Waals surface area (Å²) in [5.74, 6) is 1.68. The van der Waals surface area contributed by atoms with Crippen LogP contribution in [-0.4, -0.2) is 20.0 Å². The number of ether oxygens (including phenoxy) is 2. The first kappa shape index (κ1) is 18.8. The van der Waals surface area contributed by atoms with Crippen LogP contribution in [0.25, 0.3) is 11.1 Å². The summed E-state index contributed by atoms with van der Waals surface area (Å²) in [7, 11) is 1.69. The minimum absolute atomic E-state index is 0.622. The van der Waals surface area contributed by atoms with Crippen molar-refractivity contribution in [1.82, 2.24) is 0 Å². The summed E-state index contributed by atoms with van der Waals surface area (Å²) in [5.41, 5.74) is 3.70. The fourth-order valence-electron chi connectivity index (χ4n) is 3.01. The topological polar surface area (TPSA) is 48.7 Å². The monoisotopic (exact) mass is 364 g/mol. The molecule has 0 fully saturated rings. The normalized spacial score (nSPS) is 10.6. The summed E-state index contributed by atoms with van der Waals surface area (Å²) in [5, 5.41) is 0. The van der Waals surface area contributed by atoms with Crippen LogP contribution in [-0.2, 0) is 6.42 Å². The van der Waals surface area contributed by atoms with Gasteiger partial charge in [-0.2, -0.15) is 0 Å². The van der Waals surface area contributed by atoms with Crippen molar-refractivity contribution in [2.45, 2.75) is 25.7 Å². The lowest BCUT2D eigenvalue weighted by molar-refractivity contribution is 0.112. The molecule has 1 heterocycles. The van der Waals surface area contributed by atoms with Crippen LogP contribution in [0.5, 0.6) is 11.5 Å². The maximum Gasteiger partial charge on any atom is 0.150 e. The van der Waals surface area contributed by atoms with Crippen LogP contribution >= 0.6 is 0 Å². The molecule has 1 aromatic heterocycles. The third-order valence-corrected chi connectivity index (χ3v) is 4.47. The standard InChI is InChI=1S/C23H24O4/c1-25-21-8-5-7-18(14-21)6-3-2-4-12-27-23-10-9-19(16-24)15-22(23)20-11-13-26-17-20/h5,7-11,13-17H,2-4,6,12H2,1H3. The van der Waals surface area contributed by atoms with E-state index in [1.165, 1.54) is 5.56 Å². The van der Waals surface area contributed by atoms with E-state index in [0.717, 1.165) is 54.6 Å². The van der Waals surface area contributed by atoms with E-state index in [2.05, 4.69) is 12.1 Å². The Morgan fingerprint density at radius 3 is 2.74 bits per heavy atom. The fourth-order valence-corrected chi connectivity index (χ4v) is 3.01. The van der Waals surface area contributed by atoms with Gasteiger partial charge in [0.1, 0.15) is 17.8 Å². The smallest absolute Gasteiger partial charge is 0.150 e. The van der Waals surface area contributed by atoms with Crippen molar-refractivity contribution in [3.63, 3.8) is 0 Å². The molecule has 27 heavy (non-hydrogen) atoms. The zero-order valence-corrected chi connectivity index (χ0v) is 15.5. The van der Waals surface area contributed by atoms with Crippen molar-refractivity contribution < 1.29 is 18.7 Å². The molecule has 0 saturated carbocycles. The number of benzene rings is 2. The number of furan rings is 1. The molecule has 2 aromatic carbocycles. The minimum Gasteiger partial charge on any atom is -0.497 e. The highest BCUT2D eigenvalue weighted by molar-refractivity contribution is 5.81. The Morgan fingerprint density at radius 1 is 1.04 bits per heavy atom. The maximum absolute atomic E-state index is 11.1. The summed E-state index contributed by atoms with van der Waals surface area (Å²) in [4.78, 5) is 11.1. The van der Waals surface area contributed by atoms with Gasteiger partial charge in [-0.05, 0) is 67.6 Å². The Kier molecular flexibility index (Phi) is 6.69. The van der Waals surface area contributed by atoms with Gasteiger partial charge in [-0.25, -0.2) is 0 Å². The number of carbonyl (C=O) groups is 1. The second kappa shape index (κ2) is 9.62. The molecule has 4 nitrogen and oxygen atoms in total. The minimum atomic E-state index is 0.622. The quantitative estimate of drug-likeness (QED) is 0.349. The van der Waals surface area contributed by atoms with E-state index in [1.54, 1.807) is 25.7 Å². The van der Waals surface area contributed by atoms with Gasteiger partial charge in [0.15, 0.2) is 0 Å². The van der Waals surface area contributed by atoms with Crippen LogP contribution in [0.3, 0.4) is 0 Å². The lowest BCUT2D eigenvalue weighted by atomic mass is 10.0. The van der Waals surface area contributed by atoms with Gasteiger partial charge in [0.25, 0.3) is 0 Å². The summed E-state index contributed by atoms with van der Waals surface area (Å²) in [6, 6.07) is 15.5. The average molecular weight is 364 g/mol. The first-order valence-corrected chi connectivity index (χ1v) is 9.17. The van der Waals surface area contributed by atoms with E-state index in [4.69, 9.17) is 13.9 Å². The SMILES string of the molecule is COc1cccc(CCCCCOc2ccc(C=O)cc2-c2ccoc2)c1. The highest BCUT2D eigenvalue weighted by atomic mass is 16.5. The Labute approximate surface area is 159 Å². The van der Waals surface area contributed by atoms with Gasteiger partial charge >= 0.3 is 0 Å². The van der Waals surface area contributed by atoms with Crippen LogP contribution < -0.4 is 9.47 Å². The van der Waals surface area contributed by atoms with Crippen molar-refractivity contribution in [3.8, 4) is 22.6 Å². The lowest BCUT2D eigenvalue weighted by Gasteiger charge is -2.11. The second-order valence-corrected chi connectivity index (χ2v) is 6.40. The Balaban J connectivity index is 1.48. The highest BCUT2D eigenvalue weighted by Gasteiger charge is 2.09. The second-order valence-electron chi connectivity index (χ2n) is 6.40. The number of aldehydes is 1. The van der Waals surface area contributed by atoms with Crippen molar-refractivity contribution in [2.75, 3.05) is 13.7 Å². The van der Waals surface area contributed by atoms with E-state index in [0.29, 0.717) is 12.2 Å². The van der Waals surface area contributed by atoms with Gasteiger partial charge in [-0.3, -0.25) is 4.79 Å². The van der Waals surface area contributed by atoms with Gasteiger partial charge in [0.2, 0.25) is 0 Å². The predicted octanol–water partition coefficient (Wildman–Crippen LogP) is 5.56. The number of hydrogen-bond donors (Lipinski definition) is 0. The van der Waals surface area contributed by atoms with Gasteiger partial charge < -0.3 is 13.9 Å². The van der Waals surface area contributed by atoms with Crippen LogP contribution in [0.1, 0.15) is 35.2 Å². The molecule has 3 aromatic rings. The van der Waals surface area contributed by atoms with Crippen LogP contribution in [0, 0.1) is 0 Å². The molecule has 0 bridgehead atoms. The molecule has 0 atom stereocenters. The first-order valence-electron chi connectivity index (χ1n) is 9.17. The molecular formula is C23H24O4. The summed E-state index contributed by atoms with van der Waals surface area (Å²) in [6.07, 6.45) is 8.32. The fraction of sp³-hybridized carbons (Fsp3) is 0.261. The van der Waals surface area contributed by atoms with Crippen molar-refractivity contribution in [2.24, 2.45) is 0 Å². The number of aryl methyl sites for hydroxylation is 1. The number of hydrogen-bond acceptors (Lipinski definition) is 4. The molecule has 140 valence electrons. The zero-order valence-electron chi connectivity index (χ0n) is 15.5. The third kappa shape index (κ3) is 5.23. The molecular weight excluding hydrogens is 340 g/mol. The van der Waals surface area contributed by atoms with Crippen molar-refractivity contribution >= 4 is 6.29 Å². The van der Waals surface area contributed by atoms with Gasteiger partial charge in [0, 0.05) is 16.7 Å². The van der Waals surface area contributed by atoms with E-state index in [1.807, 2.05) is 30.3 Å². The van der Waals surface area contributed by atoms with Crippen molar-refractivity contribution in [3.05, 3.63) is 72.2 Å². The molecule has 0 unspecified atom stereocenters. The average Bonchev–Trinajstić information content (AvgIpc) is 3.25. The Hall–Kier alpha value is -3.01. The van der Waals surface area contributed by atoms with E-state index >= 15 is 0 Å². The molecule has 0 aliphatic carbocycles. The molecule has 0 aliphatic heterocycles. The molecule has 3 rings (SSSR count). The van der Waals surface area contributed by atoms with Gasteiger partial charge in [0.05, 0.1) is 26.2 Å². The lowest BCUT2D eigenvalue weighted by Crippen LogP contribution is -2.00. The van der Waals surface area contributed by atoms with Crippen molar-refractivity contribution in [1.29, 1.82) is 0 Å². The largest absolute Gasteiger partial charge is 0.497 e. The van der Waals surface area contributed by atoms with Gasteiger partial charge in [-0.15, -0.1) is 0 Å². The first-order chi connectivity index (χ1) is 13.3. The number of rotatable bonds is 10. The zero-order chi connectivity index (χ0) is 18.9. The van der Waals surface area contributed by atoms with E-state index < -0.39 is 0 Å². The number of carbonyl (C=O) groups excluding carboxylic acids is 1. The Bertz CT molecular complexity index is 853. The van der Waals surface area contributed by atoms with Crippen LogP contribution in [0.15, 0.2) is 65.5 Å². The maximum atomic E-state index is 11.1. The molecule has 4 heteroatoms. The summed E-state index contributed by atoms with van der Waals surface area (Å²) < 4.78 is 16.4. The third-order valence-electron chi connectivity index (χ3n) is 4.47. The molecule has 0 radical (unpaired) electrons. The molecule has 0 N–H and O–H groups in total. The van der Waals surface area contributed by atoms with Crippen LogP contribution in [0.4, 0.5) is 0 Å². The van der Waals surface area contributed by atoms with Gasteiger partial charge in [-0.1, -0.05) is 12.1 Å². The molecule has 0 aliphatic rings. The molecule has 0 amide bonds. The highest BCUT2D eigenvalue weighted by Crippen LogP contribution is 2.31. The van der Waals surface area contributed by atoms with Crippen LogP contribution in [0.2, 0.25) is 0 Å². The summed E-state index contributed by atoms with van der Waals surface area (Å²) in [6.45, 7) is 0.642. The molecule has 0 spiro atoms. The molecule has 0 saturated heterocycles. The predicted molar refractivity (Wildman–Crippen MR) is 106 cm³/mol. The number of unbranched alkanes of at least 4 members (excludes halogenated alkanes) is 2. The summed E-state index contributed by atoms with van der Waals surface area (Å²) >= 11 is 0. The van der Waals surface area contributed by atoms with E-state index in [9.17, 15) is 4.79 Å². The Morgan fingerprint density at radius 2 is 1.96 bits per heavy atom. The van der Waals surface area contributed by atoms with E-state index in [-0.39, 0.29) is 0 Å². The number of methoxy groups -OCH3 is 1.